The highest BCUT2D eigenvalue weighted by atomic mass is 16.5. The molecule has 0 radical (unpaired) electrons. The molecule has 0 aliphatic heterocycles. The summed E-state index contributed by atoms with van der Waals surface area (Å²) < 4.78 is 5.17. The number of carbonyl (C=O) groups excluding carboxylic acids is 1. The van der Waals surface area contributed by atoms with Crippen molar-refractivity contribution in [1.29, 1.82) is 0 Å². The van der Waals surface area contributed by atoms with Crippen LogP contribution in [0.4, 0.5) is 11.4 Å². The van der Waals surface area contributed by atoms with Gasteiger partial charge < -0.3 is 20.9 Å². The number of nitrogens with two attached hydrogens (primary N) is 1. The first kappa shape index (κ1) is 16.3. The molecule has 4 N–H and O–H groups in total. The van der Waals surface area contributed by atoms with Crippen LogP contribution in [0.5, 0.6) is 5.75 Å². The fraction of sp³-hybridized carbons (Fsp3) is 0.500. The molecule has 0 aliphatic carbocycles. The largest absolute Gasteiger partial charge is 0.495 e. The number of amides is 1. The quantitative estimate of drug-likeness (QED) is 0.647. The van der Waals surface area contributed by atoms with Crippen molar-refractivity contribution in [2.45, 2.75) is 19.4 Å². The minimum Gasteiger partial charge on any atom is -0.495 e. The van der Waals surface area contributed by atoms with Crippen molar-refractivity contribution in [2.24, 2.45) is 0 Å². The van der Waals surface area contributed by atoms with Crippen molar-refractivity contribution >= 4 is 17.3 Å². The maximum Gasteiger partial charge on any atom is 0.238 e. The SMILES string of the molecule is COc1ccc(N)cc1NC(=O)CN(C)CCC(C)O. The van der Waals surface area contributed by atoms with Crippen LogP contribution < -0.4 is 15.8 Å². The zero-order valence-electron chi connectivity index (χ0n) is 12.2. The average Bonchev–Trinajstić information content (AvgIpc) is 2.36. The molecule has 0 fully saturated rings. The van der Waals surface area contributed by atoms with E-state index in [2.05, 4.69) is 5.32 Å². The molecule has 6 heteroatoms. The molecule has 1 unspecified atom stereocenters. The van der Waals surface area contributed by atoms with Crippen LogP contribution in [0, 0.1) is 0 Å². The van der Waals surface area contributed by atoms with Gasteiger partial charge in [-0.25, -0.2) is 0 Å². The van der Waals surface area contributed by atoms with E-state index in [1.807, 2.05) is 11.9 Å². The Labute approximate surface area is 119 Å². The Morgan fingerprint density at radius 2 is 2.25 bits per heavy atom. The van der Waals surface area contributed by atoms with Gasteiger partial charge in [-0.05, 0) is 38.6 Å². The fourth-order valence-corrected chi connectivity index (χ4v) is 1.74. The lowest BCUT2D eigenvalue weighted by Gasteiger charge is -2.17. The third-order valence-electron chi connectivity index (χ3n) is 2.84. The van der Waals surface area contributed by atoms with E-state index < -0.39 is 0 Å². The van der Waals surface area contributed by atoms with Gasteiger partial charge in [0.15, 0.2) is 0 Å². The van der Waals surface area contributed by atoms with Crippen LogP contribution in [-0.4, -0.2) is 49.3 Å². The summed E-state index contributed by atoms with van der Waals surface area (Å²) in [6, 6.07) is 5.08. The van der Waals surface area contributed by atoms with Gasteiger partial charge in [0.25, 0.3) is 0 Å². The maximum atomic E-state index is 11.9. The molecule has 0 spiro atoms. The van der Waals surface area contributed by atoms with E-state index in [0.717, 1.165) is 0 Å². The number of nitrogen functional groups attached to an aromatic ring is 1. The van der Waals surface area contributed by atoms with E-state index in [1.54, 1.807) is 25.1 Å². The maximum absolute atomic E-state index is 11.9. The number of hydrogen-bond acceptors (Lipinski definition) is 5. The number of rotatable bonds is 7. The van der Waals surface area contributed by atoms with Gasteiger partial charge in [-0.3, -0.25) is 9.69 Å². The number of anilines is 2. The van der Waals surface area contributed by atoms with Crippen LogP contribution in [0.2, 0.25) is 0 Å². The Morgan fingerprint density at radius 1 is 1.55 bits per heavy atom. The van der Waals surface area contributed by atoms with Gasteiger partial charge in [-0.2, -0.15) is 0 Å². The molecule has 1 amide bonds. The molecule has 1 aromatic rings. The van der Waals surface area contributed by atoms with Crippen molar-refractivity contribution in [3.63, 3.8) is 0 Å². The predicted octanol–water partition coefficient (Wildman–Crippen LogP) is 0.919. The molecule has 0 aromatic heterocycles. The Hall–Kier alpha value is -1.79. The molecule has 0 heterocycles. The number of nitrogens with one attached hydrogen (secondary N) is 1. The summed E-state index contributed by atoms with van der Waals surface area (Å²) in [5.74, 6) is 0.418. The van der Waals surface area contributed by atoms with E-state index in [0.29, 0.717) is 30.1 Å². The summed E-state index contributed by atoms with van der Waals surface area (Å²) in [6.45, 7) is 2.62. The van der Waals surface area contributed by atoms with E-state index in [4.69, 9.17) is 10.5 Å². The molecule has 0 aliphatic rings. The summed E-state index contributed by atoms with van der Waals surface area (Å²) in [5.41, 5.74) is 6.81. The van der Waals surface area contributed by atoms with Crippen LogP contribution in [0.15, 0.2) is 18.2 Å². The van der Waals surface area contributed by atoms with Crippen LogP contribution in [0.3, 0.4) is 0 Å². The zero-order chi connectivity index (χ0) is 15.1. The lowest BCUT2D eigenvalue weighted by Crippen LogP contribution is -2.32. The minimum absolute atomic E-state index is 0.151. The first-order valence-electron chi connectivity index (χ1n) is 6.52. The van der Waals surface area contributed by atoms with Gasteiger partial charge in [-0.1, -0.05) is 0 Å². The topological polar surface area (TPSA) is 87.8 Å². The van der Waals surface area contributed by atoms with Gasteiger partial charge in [0.2, 0.25) is 5.91 Å². The van der Waals surface area contributed by atoms with Crippen LogP contribution in [-0.2, 0) is 4.79 Å². The Bertz CT molecular complexity index is 449. The van der Waals surface area contributed by atoms with E-state index >= 15 is 0 Å². The van der Waals surface area contributed by atoms with Crippen molar-refractivity contribution in [3.05, 3.63) is 18.2 Å². The fourth-order valence-electron chi connectivity index (χ4n) is 1.74. The first-order chi connectivity index (χ1) is 9.42. The van der Waals surface area contributed by atoms with Crippen molar-refractivity contribution in [1.82, 2.24) is 4.90 Å². The standard InChI is InChI=1S/C14H23N3O3/c1-10(18)6-7-17(2)9-14(19)16-12-8-11(15)4-5-13(12)20-3/h4-5,8,10,18H,6-7,9,15H2,1-3H3,(H,16,19). The molecule has 0 saturated carbocycles. The summed E-state index contributed by atoms with van der Waals surface area (Å²) in [5, 5.41) is 12.0. The van der Waals surface area contributed by atoms with E-state index in [-0.39, 0.29) is 18.6 Å². The van der Waals surface area contributed by atoms with Gasteiger partial charge >= 0.3 is 0 Å². The minimum atomic E-state index is -0.366. The van der Waals surface area contributed by atoms with Crippen molar-refractivity contribution in [2.75, 3.05) is 38.3 Å². The van der Waals surface area contributed by atoms with Crippen LogP contribution in [0.1, 0.15) is 13.3 Å². The van der Waals surface area contributed by atoms with Gasteiger partial charge in [0, 0.05) is 12.2 Å². The third-order valence-corrected chi connectivity index (χ3v) is 2.84. The Balaban J connectivity index is 2.55. The number of nitrogens with zero attached hydrogens (tertiary/aromatic N) is 1. The number of likely N-dealkylation sites (N-methyl/N-ethyl adjacent to an activating group) is 1. The highest BCUT2D eigenvalue weighted by Gasteiger charge is 2.11. The highest BCUT2D eigenvalue weighted by molar-refractivity contribution is 5.94. The molecule has 1 atom stereocenters. The number of carbonyl (C=O) groups is 1. The highest BCUT2D eigenvalue weighted by Crippen LogP contribution is 2.26. The normalized spacial score (nSPS) is 12.2. The lowest BCUT2D eigenvalue weighted by molar-refractivity contribution is -0.117. The molecule has 0 bridgehead atoms. The smallest absolute Gasteiger partial charge is 0.238 e. The van der Waals surface area contributed by atoms with Crippen LogP contribution in [0.25, 0.3) is 0 Å². The lowest BCUT2D eigenvalue weighted by atomic mass is 10.2. The van der Waals surface area contributed by atoms with Crippen molar-refractivity contribution < 1.29 is 14.6 Å². The molecule has 0 saturated heterocycles. The first-order valence-corrected chi connectivity index (χ1v) is 6.52. The number of aliphatic hydroxyl groups is 1. The molecule has 1 aromatic carbocycles. The second kappa shape index (κ2) is 7.72. The number of aliphatic hydroxyl groups excluding tert-OH is 1. The molecule has 6 nitrogen and oxygen atoms in total. The summed E-state index contributed by atoms with van der Waals surface area (Å²) in [7, 11) is 3.37. The van der Waals surface area contributed by atoms with E-state index in [1.165, 1.54) is 7.11 Å². The number of hydrogen-bond donors (Lipinski definition) is 3. The Morgan fingerprint density at radius 3 is 2.85 bits per heavy atom. The van der Waals surface area contributed by atoms with Gasteiger partial charge in [0.1, 0.15) is 5.75 Å². The number of ether oxygens (including phenoxy) is 1. The number of methoxy groups -OCH3 is 1. The summed E-state index contributed by atoms with van der Waals surface area (Å²) in [4.78, 5) is 13.8. The van der Waals surface area contributed by atoms with Crippen molar-refractivity contribution in [3.8, 4) is 5.75 Å². The summed E-state index contributed by atoms with van der Waals surface area (Å²) >= 11 is 0. The second-order valence-electron chi connectivity index (χ2n) is 4.88. The molecule has 1 rings (SSSR count). The molecule has 112 valence electrons. The second-order valence-corrected chi connectivity index (χ2v) is 4.88. The average molecular weight is 281 g/mol. The summed E-state index contributed by atoms with van der Waals surface area (Å²) in [6.07, 6.45) is 0.264. The molecule has 20 heavy (non-hydrogen) atoms. The zero-order valence-corrected chi connectivity index (χ0v) is 12.2. The third kappa shape index (κ3) is 5.46. The molecular weight excluding hydrogens is 258 g/mol. The van der Waals surface area contributed by atoms with Gasteiger partial charge in [-0.15, -0.1) is 0 Å². The Kier molecular flexibility index (Phi) is 6.27. The monoisotopic (exact) mass is 281 g/mol. The number of benzene rings is 1. The predicted molar refractivity (Wildman–Crippen MR) is 79.8 cm³/mol. The van der Waals surface area contributed by atoms with Crippen LogP contribution >= 0.6 is 0 Å². The van der Waals surface area contributed by atoms with Gasteiger partial charge in [0.05, 0.1) is 25.4 Å². The van der Waals surface area contributed by atoms with E-state index in [9.17, 15) is 9.90 Å². The molecular formula is C14H23N3O3.